The molecule has 0 bridgehead atoms. The van der Waals surface area contributed by atoms with Crippen LogP contribution in [0.5, 0.6) is 28.9 Å². The Labute approximate surface area is 641 Å². The number of nitrogens with zero attached hydrogens (tertiary/aromatic N) is 7. The number of Topliss-reactive ketones (excluding diaryl/α,β-unsaturated/α-hetero) is 1. The second-order valence-electron chi connectivity index (χ2n) is 26.4. The molecule has 23 heteroatoms. The molecule has 0 radical (unpaired) electrons. The lowest BCUT2D eigenvalue weighted by atomic mass is 10.1. The van der Waals surface area contributed by atoms with E-state index in [2.05, 4.69) is 131 Å². The summed E-state index contributed by atoms with van der Waals surface area (Å²) in [5.41, 5.74) is 25.8. The van der Waals surface area contributed by atoms with Crippen LogP contribution < -0.4 is 20.1 Å². The summed E-state index contributed by atoms with van der Waals surface area (Å²) in [7, 11) is -1.81. The van der Waals surface area contributed by atoms with Crippen molar-refractivity contribution < 1.29 is 38.0 Å². The lowest BCUT2D eigenvalue weighted by Crippen LogP contribution is -2.43. The Kier molecular flexibility index (Phi) is 25.1. The van der Waals surface area contributed by atoms with Gasteiger partial charge in [0, 0.05) is 99.9 Å². The van der Waals surface area contributed by atoms with Gasteiger partial charge in [0.05, 0.1) is 29.5 Å². The molecular formula is C83H80BrN9O8S4Si. The van der Waals surface area contributed by atoms with Crippen LogP contribution in [0.2, 0.25) is 18.1 Å². The highest BCUT2D eigenvalue weighted by molar-refractivity contribution is 9.10. The number of ether oxygens (including phenoxy) is 1. The normalized spacial score (nSPS) is 11.5. The summed E-state index contributed by atoms with van der Waals surface area (Å²) in [5, 5.41) is 40.0. The number of phenolic OH excluding ortho intramolecular Hbond substituents is 2. The Bertz CT molecular complexity index is 5480. The molecule has 0 aliphatic carbocycles. The zero-order valence-corrected chi connectivity index (χ0v) is 65.7. The van der Waals surface area contributed by atoms with Crippen molar-refractivity contribution in [1.82, 2.24) is 34.3 Å². The van der Waals surface area contributed by atoms with E-state index in [1.807, 2.05) is 128 Å². The summed E-state index contributed by atoms with van der Waals surface area (Å²) in [5.74, 6) is 3.01. The van der Waals surface area contributed by atoms with Crippen LogP contribution in [0.4, 0.5) is 11.6 Å². The molecule has 0 spiro atoms. The molecule has 1 unspecified atom stereocenters. The number of imidazole rings is 1. The average Bonchev–Trinajstić information content (AvgIpc) is 1.59. The molecule has 0 saturated carbocycles. The van der Waals surface area contributed by atoms with Crippen LogP contribution in [0.25, 0.3) is 92.2 Å². The molecule has 7 aromatic heterocycles. The largest absolute Gasteiger partial charge is 0.544 e. The standard InChI is InChI=1S/C27H19N3O3S.C19H15N3S.C18H30O3Si.C11H10BrN3.C8H6O2S2/c31-18-9-5-16(6-10-18)13-22-27(33)30-14-23(17-7-11-19(32)12-8-17)28-25(26(30)29-22)21-15-34-24-4-2-1-3-20(21)24;1-12-6-8-13(9-7-12)16-10-21-19(20)18(22-16)15-11-23-17-5-3-2-4-14(15)17;1-8-20-14(2)17(19)13-15-9-11-16(12-10-15)21-22(6,7)18(3,4)5;1-7-2-4-8(5-3-7)9-6-14-11(13)10(12)15-9;9-12-10-7-5-11-8-4-2-1-3-6(7)8/h1-12,14-15,31-33H,13H2;2-11H,1H3,(H2,20,21);9-12,14H,8,13H2,1-7H3;2-6H,1H3,(H2,13,14);1-5,9H. The molecule has 540 valence electrons. The molecule has 15 rings (SSSR count). The van der Waals surface area contributed by atoms with Crippen LogP contribution in [0.15, 0.2) is 233 Å². The van der Waals surface area contributed by atoms with Gasteiger partial charge in [-0.1, -0.05) is 153 Å². The SMILES string of the molecule is CCOC(C)C(=O)Cc1ccc(O[Si](C)(C)C(C)(C)C)cc1.Cc1ccc(-c2cnc(N)c(-c3csc4ccccc34)n2)cc1.Cc1ccc(-c2cnc(N)c(Br)n2)cc1.OSOc1csc2ccccc12.Oc1ccc(Cc2nc3c(-c4csc5ccccc45)nc(-c4ccc(O)cc4)cn3c2O)cc1. The first-order chi connectivity index (χ1) is 50.9. The smallest absolute Gasteiger partial charge is 0.250 e. The predicted molar refractivity (Wildman–Crippen MR) is 442 cm³/mol. The molecule has 0 fully saturated rings. The van der Waals surface area contributed by atoms with E-state index in [-0.39, 0.29) is 34.3 Å². The second kappa shape index (κ2) is 34.7. The van der Waals surface area contributed by atoms with Crippen LogP contribution >= 0.6 is 62.3 Å². The van der Waals surface area contributed by atoms with Gasteiger partial charge in [-0.2, -0.15) is 0 Å². The average molecular weight is 1570 g/mol. The molecule has 17 nitrogen and oxygen atoms in total. The number of hydrogen-bond acceptors (Lipinski definition) is 20. The van der Waals surface area contributed by atoms with Gasteiger partial charge in [0.25, 0.3) is 0 Å². The van der Waals surface area contributed by atoms with Crippen molar-refractivity contribution in [1.29, 1.82) is 0 Å². The highest BCUT2D eigenvalue weighted by Gasteiger charge is 2.39. The van der Waals surface area contributed by atoms with Gasteiger partial charge in [0.15, 0.2) is 23.0 Å². The fraction of sp³-hybridized carbons (Fsp3) is 0.169. The molecule has 0 aliphatic heterocycles. The van der Waals surface area contributed by atoms with Crippen LogP contribution in [-0.2, 0) is 22.4 Å². The quantitative estimate of drug-likeness (QED) is 0.0388. The van der Waals surface area contributed by atoms with Crippen LogP contribution in [-0.4, -0.2) is 81.0 Å². The van der Waals surface area contributed by atoms with Crippen LogP contribution in [0.1, 0.15) is 62.6 Å². The van der Waals surface area contributed by atoms with E-state index in [4.69, 9.17) is 44.3 Å². The molecule has 0 amide bonds. The monoisotopic (exact) mass is 1570 g/mol. The fourth-order valence-electron chi connectivity index (χ4n) is 10.9. The van der Waals surface area contributed by atoms with Crippen molar-refractivity contribution in [3.05, 3.63) is 261 Å². The number of nitrogens with two attached hydrogens (primary N) is 2. The summed E-state index contributed by atoms with van der Waals surface area (Å²) >= 11 is 8.58. The number of aryl methyl sites for hydroxylation is 2. The Hall–Kier alpha value is -10.3. The lowest BCUT2D eigenvalue weighted by molar-refractivity contribution is -0.128. The lowest BCUT2D eigenvalue weighted by Gasteiger charge is -2.36. The van der Waals surface area contributed by atoms with Crippen molar-refractivity contribution in [2.45, 2.75) is 85.5 Å². The number of halogens is 1. The molecule has 0 aliphatic rings. The van der Waals surface area contributed by atoms with Crippen molar-refractivity contribution in [2.24, 2.45) is 0 Å². The van der Waals surface area contributed by atoms with E-state index in [0.29, 0.717) is 70.7 Å². The molecule has 15 aromatic rings. The minimum Gasteiger partial charge on any atom is -0.544 e. The van der Waals surface area contributed by atoms with E-state index in [1.54, 1.807) is 100 Å². The Morgan fingerprint density at radius 1 is 0.594 bits per heavy atom. The van der Waals surface area contributed by atoms with Gasteiger partial charge in [0.2, 0.25) is 26.5 Å². The number of aromatic nitrogens is 7. The third-order valence-electron chi connectivity index (χ3n) is 17.8. The first kappa shape index (κ1) is 76.8. The van der Waals surface area contributed by atoms with Gasteiger partial charge in [0.1, 0.15) is 50.9 Å². The zero-order chi connectivity index (χ0) is 75.2. The number of benzene rings is 8. The zero-order valence-electron chi connectivity index (χ0n) is 59.9. The van der Waals surface area contributed by atoms with Gasteiger partial charge >= 0.3 is 0 Å². The van der Waals surface area contributed by atoms with Gasteiger partial charge < -0.3 is 40.1 Å². The highest BCUT2D eigenvalue weighted by Crippen LogP contribution is 2.41. The van der Waals surface area contributed by atoms with Gasteiger partial charge in [-0.05, 0) is 146 Å². The minimum absolute atomic E-state index is 0.0475. The topological polar surface area (TPSA) is 259 Å². The van der Waals surface area contributed by atoms with Crippen molar-refractivity contribution in [2.75, 3.05) is 18.1 Å². The summed E-state index contributed by atoms with van der Waals surface area (Å²) in [4.78, 5) is 39.2. The van der Waals surface area contributed by atoms with Gasteiger partial charge in [-0.3, -0.25) is 13.7 Å². The van der Waals surface area contributed by atoms with E-state index >= 15 is 0 Å². The van der Waals surface area contributed by atoms with E-state index in [9.17, 15) is 20.1 Å². The van der Waals surface area contributed by atoms with Crippen molar-refractivity contribution >= 4 is 124 Å². The fourth-order valence-corrected chi connectivity index (χ4v) is 15.2. The minimum atomic E-state index is -1.81. The number of carbonyl (C=O) groups is 1. The Balaban J connectivity index is 0.000000138. The summed E-state index contributed by atoms with van der Waals surface area (Å²) in [6, 6.07) is 62.3. The number of anilines is 2. The maximum atomic E-state index is 12.0. The number of fused-ring (bicyclic) bond motifs is 4. The molecule has 8 aromatic carbocycles. The molecule has 1 atom stereocenters. The van der Waals surface area contributed by atoms with Crippen molar-refractivity contribution in [3.63, 3.8) is 0 Å². The predicted octanol–water partition coefficient (Wildman–Crippen LogP) is 21.7. The van der Waals surface area contributed by atoms with Crippen LogP contribution in [0.3, 0.4) is 0 Å². The molecule has 106 heavy (non-hydrogen) atoms. The second-order valence-corrected chi connectivity index (χ2v) is 34.9. The third-order valence-corrected chi connectivity index (χ3v) is 25.8. The first-order valence-corrected chi connectivity index (χ1v) is 41.0. The summed E-state index contributed by atoms with van der Waals surface area (Å²) in [6.07, 6.45) is 5.65. The highest BCUT2D eigenvalue weighted by atomic mass is 79.9. The molecule has 8 N–H and O–H groups in total. The van der Waals surface area contributed by atoms with E-state index in [1.165, 1.54) is 25.9 Å². The molecular weight excluding hydrogens is 1490 g/mol. The van der Waals surface area contributed by atoms with Gasteiger partial charge in [-0.15, -0.1) is 34.0 Å². The maximum absolute atomic E-state index is 12.0. The van der Waals surface area contributed by atoms with Crippen molar-refractivity contribution in [3.8, 4) is 85.2 Å². The van der Waals surface area contributed by atoms with Gasteiger partial charge in [-0.25, -0.2) is 29.9 Å². The van der Waals surface area contributed by atoms with Crippen LogP contribution in [0, 0.1) is 13.8 Å². The first-order valence-electron chi connectivity index (χ1n) is 34.0. The number of carbonyl (C=O) groups excluding carboxylic acids is 1. The number of nitrogen functional groups attached to an aromatic ring is 2. The molecule has 7 heterocycles. The number of ketones is 1. The summed E-state index contributed by atoms with van der Waals surface area (Å²) in [6.45, 7) is 19.5. The number of rotatable bonds is 16. The maximum Gasteiger partial charge on any atom is 0.250 e. The number of phenols is 2. The van der Waals surface area contributed by atoms with E-state index < -0.39 is 8.32 Å². The Morgan fingerprint density at radius 2 is 1.07 bits per heavy atom. The third kappa shape index (κ3) is 19.0. The summed E-state index contributed by atoms with van der Waals surface area (Å²) < 4.78 is 30.8. The van der Waals surface area contributed by atoms with E-state index in [0.717, 1.165) is 83.0 Å². The molecule has 0 saturated heterocycles. The number of hydrogen-bond donors (Lipinski definition) is 6. The number of aromatic hydroxyl groups is 3. The Morgan fingerprint density at radius 3 is 1.61 bits per heavy atom. The number of thiophene rings is 3.